The number of benzene rings is 2. The van der Waals surface area contributed by atoms with Gasteiger partial charge in [0.05, 0.1) is 11.1 Å². The fraction of sp³-hybridized carbons (Fsp3) is 0.400. The molecule has 162 valence electrons. The van der Waals surface area contributed by atoms with Crippen LogP contribution in [0.15, 0.2) is 51.8 Å². The van der Waals surface area contributed by atoms with E-state index in [1.54, 1.807) is 25.1 Å². The van der Waals surface area contributed by atoms with Gasteiger partial charge in [0.1, 0.15) is 5.60 Å². The quantitative estimate of drug-likeness (QED) is 0.620. The van der Waals surface area contributed by atoms with Crippen LogP contribution in [0.1, 0.15) is 48.9 Å². The number of aryl methyl sites for hydroxylation is 2. The normalized spacial score (nSPS) is 16.4. The Balaban J connectivity index is 1.62. The van der Waals surface area contributed by atoms with Crippen molar-refractivity contribution in [2.45, 2.75) is 58.0 Å². The van der Waals surface area contributed by atoms with E-state index in [-0.39, 0.29) is 6.42 Å². The minimum absolute atomic E-state index is 0.259. The Kier molecular flexibility index (Phi) is 5.92. The second kappa shape index (κ2) is 8.63. The van der Waals surface area contributed by atoms with Crippen molar-refractivity contribution in [3.63, 3.8) is 0 Å². The molecule has 31 heavy (non-hydrogen) atoms. The van der Waals surface area contributed by atoms with Gasteiger partial charge in [0, 0.05) is 17.5 Å². The zero-order valence-corrected chi connectivity index (χ0v) is 18.0. The minimum Gasteiger partial charge on any atom is -0.380 e. The molecule has 1 aromatic heterocycles. The van der Waals surface area contributed by atoms with Gasteiger partial charge in [-0.1, -0.05) is 60.7 Å². The SMILES string of the molecule is Cc1cccc(CC(O)(CC2CCCC2)C(=O)Nc2ccc3c(=O)onc(C)c3c2)c1. The second-order valence-electron chi connectivity index (χ2n) is 8.82. The molecule has 1 fully saturated rings. The number of rotatable bonds is 6. The van der Waals surface area contributed by atoms with Crippen molar-refractivity contribution < 1.29 is 14.4 Å². The molecule has 2 aromatic carbocycles. The third kappa shape index (κ3) is 4.69. The number of carbonyl (C=O) groups excluding carboxylic acids is 1. The smallest absolute Gasteiger partial charge is 0.366 e. The van der Waals surface area contributed by atoms with Crippen LogP contribution in [0.2, 0.25) is 0 Å². The maximum absolute atomic E-state index is 13.3. The van der Waals surface area contributed by atoms with Crippen molar-refractivity contribution in [3.8, 4) is 0 Å². The van der Waals surface area contributed by atoms with Crippen molar-refractivity contribution >= 4 is 22.4 Å². The third-order valence-electron chi connectivity index (χ3n) is 6.26. The summed E-state index contributed by atoms with van der Waals surface area (Å²) >= 11 is 0. The first-order chi connectivity index (χ1) is 14.8. The summed E-state index contributed by atoms with van der Waals surface area (Å²) in [4.78, 5) is 25.2. The van der Waals surface area contributed by atoms with Gasteiger partial charge in [-0.05, 0) is 49.9 Å². The zero-order valence-electron chi connectivity index (χ0n) is 18.0. The second-order valence-corrected chi connectivity index (χ2v) is 8.82. The molecule has 3 aromatic rings. The number of hydrogen-bond donors (Lipinski definition) is 2. The summed E-state index contributed by atoms with van der Waals surface area (Å²) < 4.78 is 4.76. The van der Waals surface area contributed by atoms with E-state index in [4.69, 9.17) is 4.52 Å². The Morgan fingerprint density at radius 1 is 1.16 bits per heavy atom. The van der Waals surface area contributed by atoms with Crippen molar-refractivity contribution in [1.29, 1.82) is 0 Å². The van der Waals surface area contributed by atoms with Crippen molar-refractivity contribution in [1.82, 2.24) is 5.16 Å². The van der Waals surface area contributed by atoms with Gasteiger partial charge in [-0.15, -0.1) is 0 Å². The van der Waals surface area contributed by atoms with E-state index in [0.29, 0.717) is 34.5 Å². The highest BCUT2D eigenvalue weighted by Gasteiger charge is 2.39. The van der Waals surface area contributed by atoms with Crippen molar-refractivity contribution in [3.05, 3.63) is 69.7 Å². The maximum atomic E-state index is 13.3. The average Bonchev–Trinajstić information content (AvgIpc) is 3.23. The van der Waals surface area contributed by atoms with Gasteiger partial charge in [-0.3, -0.25) is 4.79 Å². The lowest BCUT2D eigenvalue weighted by Gasteiger charge is -2.30. The molecule has 4 rings (SSSR count). The molecule has 1 atom stereocenters. The van der Waals surface area contributed by atoms with Crippen LogP contribution >= 0.6 is 0 Å². The van der Waals surface area contributed by atoms with Gasteiger partial charge in [0.15, 0.2) is 0 Å². The molecule has 0 saturated heterocycles. The molecule has 2 N–H and O–H groups in total. The van der Waals surface area contributed by atoms with Crippen LogP contribution in [0, 0.1) is 19.8 Å². The fourth-order valence-corrected chi connectivity index (χ4v) is 4.65. The first-order valence-electron chi connectivity index (χ1n) is 10.8. The fourth-order valence-electron chi connectivity index (χ4n) is 4.65. The molecule has 1 aliphatic rings. The van der Waals surface area contributed by atoms with Crippen LogP contribution < -0.4 is 10.9 Å². The van der Waals surface area contributed by atoms with Gasteiger partial charge in [-0.2, -0.15) is 0 Å². The number of aromatic nitrogens is 1. The van der Waals surface area contributed by atoms with E-state index in [9.17, 15) is 14.7 Å². The highest BCUT2D eigenvalue weighted by Crippen LogP contribution is 2.34. The Morgan fingerprint density at radius 2 is 1.94 bits per heavy atom. The highest BCUT2D eigenvalue weighted by molar-refractivity contribution is 5.99. The van der Waals surface area contributed by atoms with Gasteiger partial charge >= 0.3 is 5.63 Å². The summed E-state index contributed by atoms with van der Waals surface area (Å²) in [5.74, 6) is -0.0814. The first-order valence-corrected chi connectivity index (χ1v) is 10.8. The topological polar surface area (TPSA) is 92.4 Å². The summed E-state index contributed by atoms with van der Waals surface area (Å²) in [6, 6.07) is 12.9. The highest BCUT2D eigenvalue weighted by atomic mass is 16.5. The zero-order chi connectivity index (χ0) is 22.0. The molecule has 0 spiro atoms. The van der Waals surface area contributed by atoms with E-state index in [1.807, 2.05) is 31.2 Å². The van der Waals surface area contributed by atoms with Crippen molar-refractivity contribution in [2.75, 3.05) is 5.32 Å². The summed E-state index contributed by atoms with van der Waals surface area (Å²) in [6.45, 7) is 3.74. The molecule has 0 radical (unpaired) electrons. The molecule has 6 nitrogen and oxygen atoms in total. The number of carbonyl (C=O) groups is 1. The van der Waals surface area contributed by atoms with Crippen LogP contribution in [0.25, 0.3) is 10.8 Å². The molecule has 0 aliphatic heterocycles. The third-order valence-corrected chi connectivity index (χ3v) is 6.26. The Labute approximate surface area is 181 Å². The van der Waals surface area contributed by atoms with Crippen molar-refractivity contribution in [2.24, 2.45) is 5.92 Å². The minimum atomic E-state index is -1.51. The van der Waals surface area contributed by atoms with Gasteiger partial charge < -0.3 is 14.9 Å². The summed E-state index contributed by atoms with van der Waals surface area (Å²) in [6.07, 6.45) is 5.07. The Bertz CT molecular complexity index is 1160. The molecule has 0 bridgehead atoms. The largest absolute Gasteiger partial charge is 0.380 e. The van der Waals surface area contributed by atoms with Crippen LogP contribution in [0.4, 0.5) is 5.69 Å². The predicted molar refractivity (Wildman–Crippen MR) is 120 cm³/mol. The van der Waals surface area contributed by atoms with E-state index in [2.05, 4.69) is 10.5 Å². The lowest BCUT2D eigenvalue weighted by Crippen LogP contribution is -2.46. The monoisotopic (exact) mass is 420 g/mol. The molecule has 1 saturated carbocycles. The average molecular weight is 421 g/mol. The van der Waals surface area contributed by atoms with E-state index < -0.39 is 17.1 Å². The number of nitrogens with one attached hydrogen (secondary N) is 1. The number of fused-ring (bicyclic) bond motifs is 1. The summed E-state index contributed by atoms with van der Waals surface area (Å²) in [5, 5.41) is 19.2. The summed E-state index contributed by atoms with van der Waals surface area (Å²) in [7, 11) is 0. The predicted octanol–water partition coefficient (Wildman–Crippen LogP) is 4.30. The number of anilines is 1. The van der Waals surface area contributed by atoms with Crippen LogP contribution in [-0.2, 0) is 11.2 Å². The molecule has 6 heteroatoms. The molecule has 1 heterocycles. The maximum Gasteiger partial charge on any atom is 0.366 e. The van der Waals surface area contributed by atoms with Gasteiger partial charge in [-0.25, -0.2) is 4.79 Å². The first kappa shape index (κ1) is 21.2. The lowest BCUT2D eigenvalue weighted by atomic mass is 9.83. The standard InChI is InChI=1S/C25H28N2O4/c1-16-6-5-9-19(12-16)15-25(30,14-18-7-3-4-8-18)24(29)26-20-10-11-21-22(13-20)17(2)27-31-23(21)28/h5-6,9-13,18,30H,3-4,7-8,14-15H2,1-2H3,(H,26,29). The van der Waals surface area contributed by atoms with Gasteiger partial charge in [0.25, 0.3) is 5.91 Å². The molecule has 1 aliphatic carbocycles. The van der Waals surface area contributed by atoms with Crippen LogP contribution in [0.5, 0.6) is 0 Å². The van der Waals surface area contributed by atoms with E-state index in [1.165, 1.54) is 0 Å². The number of hydrogen-bond acceptors (Lipinski definition) is 5. The lowest BCUT2D eigenvalue weighted by molar-refractivity contribution is -0.135. The number of aliphatic hydroxyl groups is 1. The molecular weight excluding hydrogens is 392 g/mol. The Morgan fingerprint density at radius 3 is 2.68 bits per heavy atom. The Hall–Kier alpha value is -2.99. The van der Waals surface area contributed by atoms with Gasteiger partial charge in [0.2, 0.25) is 0 Å². The summed E-state index contributed by atoms with van der Waals surface area (Å²) in [5.41, 5.74) is 1.08. The van der Waals surface area contributed by atoms with E-state index >= 15 is 0 Å². The van der Waals surface area contributed by atoms with Crippen LogP contribution in [-0.4, -0.2) is 21.8 Å². The molecule has 1 amide bonds. The molecular formula is C25H28N2O4. The number of amides is 1. The van der Waals surface area contributed by atoms with Crippen LogP contribution in [0.3, 0.4) is 0 Å². The molecule has 1 unspecified atom stereocenters. The van der Waals surface area contributed by atoms with E-state index in [0.717, 1.165) is 36.8 Å². The number of nitrogens with zero attached hydrogens (tertiary/aromatic N) is 1.